The number of hydrogen-bond donors (Lipinski definition) is 1. The van der Waals surface area contributed by atoms with Crippen molar-refractivity contribution in [1.82, 2.24) is 4.90 Å². The Kier molecular flexibility index (Phi) is 4.47. The number of halogens is 2. The number of nitrogens with zero attached hydrogens (tertiary/aromatic N) is 1. The molecule has 0 bridgehead atoms. The summed E-state index contributed by atoms with van der Waals surface area (Å²) in [6, 6.07) is 3.47. The van der Waals surface area contributed by atoms with Crippen LogP contribution in [0.3, 0.4) is 0 Å². The van der Waals surface area contributed by atoms with Gasteiger partial charge in [0.1, 0.15) is 17.2 Å². The van der Waals surface area contributed by atoms with E-state index in [0.29, 0.717) is 19.5 Å². The summed E-state index contributed by atoms with van der Waals surface area (Å²) in [5, 5.41) is 0. The molecule has 1 fully saturated rings. The van der Waals surface area contributed by atoms with Crippen molar-refractivity contribution in [2.45, 2.75) is 31.7 Å². The van der Waals surface area contributed by atoms with Gasteiger partial charge in [-0.3, -0.25) is 4.79 Å². The normalized spacial score (nSPS) is 19.5. The minimum atomic E-state index is -0.804. The molecule has 5 heteroatoms. The highest BCUT2D eigenvalue weighted by Gasteiger charge is 2.30. The van der Waals surface area contributed by atoms with Gasteiger partial charge in [-0.05, 0) is 44.4 Å². The predicted octanol–water partition coefficient (Wildman–Crippen LogP) is 2.31. The third-order valence-electron chi connectivity index (χ3n) is 3.56. The van der Waals surface area contributed by atoms with E-state index in [1.54, 1.807) is 4.90 Å². The number of hydrogen-bond acceptors (Lipinski definition) is 2. The van der Waals surface area contributed by atoms with Gasteiger partial charge in [-0.25, -0.2) is 8.78 Å². The summed E-state index contributed by atoms with van der Waals surface area (Å²) in [7, 11) is 0. The lowest BCUT2D eigenvalue weighted by molar-refractivity contribution is 0.0595. The van der Waals surface area contributed by atoms with Crippen molar-refractivity contribution in [3.8, 4) is 0 Å². The second-order valence-corrected chi connectivity index (χ2v) is 4.82. The van der Waals surface area contributed by atoms with Gasteiger partial charge < -0.3 is 10.6 Å². The molecule has 104 valence electrons. The van der Waals surface area contributed by atoms with E-state index < -0.39 is 23.1 Å². The van der Waals surface area contributed by atoms with Crippen LogP contribution in [-0.2, 0) is 0 Å². The van der Waals surface area contributed by atoms with E-state index in [1.165, 1.54) is 6.07 Å². The molecule has 19 heavy (non-hydrogen) atoms. The number of piperidine rings is 1. The molecule has 1 aliphatic heterocycles. The zero-order valence-corrected chi connectivity index (χ0v) is 10.7. The van der Waals surface area contributed by atoms with Crippen LogP contribution in [0.5, 0.6) is 0 Å². The largest absolute Gasteiger partial charge is 0.335 e. The average molecular weight is 268 g/mol. The van der Waals surface area contributed by atoms with Crippen molar-refractivity contribution in [2.24, 2.45) is 5.73 Å². The summed E-state index contributed by atoms with van der Waals surface area (Å²) < 4.78 is 27.3. The Hall–Kier alpha value is -1.49. The first-order valence-corrected chi connectivity index (χ1v) is 6.60. The van der Waals surface area contributed by atoms with Gasteiger partial charge in [0.25, 0.3) is 5.91 Å². The fraction of sp³-hybridized carbons (Fsp3) is 0.500. The molecule has 2 N–H and O–H groups in total. The van der Waals surface area contributed by atoms with Crippen molar-refractivity contribution < 1.29 is 13.6 Å². The summed E-state index contributed by atoms with van der Waals surface area (Å²) in [6.07, 6.45) is 3.40. The molecule has 1 atom stereocenters. The molecule has 0 radical (unpaired) electrons. The van der Waals surface area contributed by atoms with Crippen LogP contribution >= 0.6 is 0 Å². The molecule has 1 saturated heterocycles. The van der Waals surface area contributed by atoms with Crippen LogP contribution in [-0.4, -0.2) is 29.9 Å². The molecule has 1 aromatic carbocycles. The van der Waals surface area contributed by atoms with Crippen molar-refractivity contribution in [3.63, 3.8) is 0 Å². The highest BCUT2D eigenvalue weighted by molar-refractivity contribution is 5.95. The van der Waals surface area contributed by atoms with E-state index >= 15 is 0 Å². The molecule has 2 rings (SSSR count). The Morgan fingerprint density at radius 1 is 1.32 bits per heavy atom. The SMILES string of the molecule is NCCC1CCCCN1C(=O)c1c(F)cccc1F. The number of carbonyl (C=O) groups is 1. The highest BCUT2D eigenvalue weighted by atomic mass is 19.1. The minimum Gasteiger partial charge on any atom is -0.335 e. The quantitative estimate of drug-likeness (QED) is 0.914. The Labute approximate surface area is 111 Å². The van der Waals surface area contributed by atoms with E-state index in [0.717, 1.165) is 31.4 Å². The predicted molar refractivity (Wildman–Crippen MR) is 68.7 cm³/mol. The Morgan fingerprint density at radius 3 is 2.63 bits per heavy atom. The van der Waals surface area contributed by atoms with Gasteiger partial charge in [0, 0.05) is 12.6 Å². The lowest BCUT2D eigenvalue weighted by Gasteiger charge is -2.35. The van der Waals surface area contributed by atoms with Gasteiger partial charge in [-0.2, -0.15) is 0 Å². The molecule has 0 aliphatic carbocycles. The molecular weight excluding hydrogens is 250 g/mol. The van der Waals surface area contributed by atoms with Crippen molar-refractivity contribution >= 4 is 5.91 Å². The third-order valence-corrected chi connectivity index (χ3v) is 3.56. The summed E-state index contributed by atoms with van der Waals surface area (Å²) in [4.78, 5) is 13.9. The first-order chi connectivity index (χ1) is 9.15. The van der Waals surface area contributed by atoms with Crippen LogP contribution in [0.2, 0.25) is 0 Å². The average Bonchev–Trinajstić information content (AvgIpc) is 2.39. The maximum atomic E-state index is 13.7. The lowest BCUT2D eigenvalue weighted by Crippen LogP contribution is -2.45. The monoisotopic (exact) mass is 268 g/mol. The smallest absolute Gasteiger partial charge is 0.260 e. The number of nitrogens with two attached hydrogens (primary N) is 1. The molecule has 1 amide bonds. The summed E-state index contributed by atoms with van der Waals surface area (Å²) in [5.41, 5.74) is 5.08. The van der Waals surface area contributed by atoms with E-state index in [4.69, 9.17) is 5.73 Å². The number of likely N-dealkylation sites (tertiary alicyclic amines) is 1. The zero-order chi connectivity index (χ0) is 13.8. The van der Waals surface area contributed by atoms with Gasteiger partial charge in [0.15, 0.2) is 0 Å². The maximum absolute atomic E-state index is 13.7. The summed E-state index contributed by atoms with van der Waals surface area (Å²) >= 11 is 0. The first-order valence-electron chi connectivity index (χ1n) is 6.60. The molecule has 1 heterocycles. The number of amides is 1. The van der Waals surface area contributed by atoms with Crippen LogP contribution in [0.4, 0.5) is 8.78 Å². The van der Waals surface area contributed by atoms with Gasteiger partial charge in [0.2, 0.25) is 0 Å². The Bertz CT molecular complexity index is 443. The molecule has 0 spiro atoms. The van der Waals surface area contributed by atoms with Gasteiger partial charge in [-0.15, -0.1) is 0 Å². The molecular formula is C14H18F2N2O. The Morgan fingerprint density at radius 2 is 2.00 bits per heavy atom. The van der Waals surface area contributed by atoms with Crippen LogP contribution < -0.4 is 5.73 Å². The van der Waals surface area contributed by atoms with E-state index in [9.17, 15) is 13.6 Å². The van der Waals surface area contributed by atoms with E-state index in [2.05, 4.69) is 0 Å². The van der Waals surface area contributed by atoms with Crippen LogP contribution in [0, 0.1) is 11.6 Å². The van der Waals surface area contributed by atoms with Crippen LogP contribution in [0.15, 0.2) is 18.2 Å². The molecule has 1 unspecified atom stereocenters. The second kappa shape index (κ2) is 6.10. The third kappa shape index (κ3) is 2.92. The van der Waals surface area contributed by atoms with Crippen molar-refractivity contribution in [2.75, 3.05) is 13.1 Å². The number of carbonyl (C=O) groups excluding carboxylic acids is 1. The molecule has 0 saturated carbocycles. The van der Waals surface area contributed by atoms with Crippen molar-refractivity contribution in [1.29, 1.82) is 0 Å². The molecule has 1 aromatic rings. The van der Waals surface area contributed by atoms with Gasteiger partial charge in [-0.1, -0.05) is 6.07 Å². The standard InChI is InChI=1S/C14H18F2N2O/c15-11-5-3-6-12(16)13(11)14(19)18-9-2-1-4-10(18)7-8-17/h3,5-6,10H,1-2,4,7-9,17H2. The van der Waals surface area contributed by atoms with Crippen LogP contribution in [0.25, 0.3) is 0 Å². The molecule has 3 nitrogen and oxygen atoms in total. The maximum Gasteiger partial charge on any atom is 0.260 e. The fourth-order valence-corrected chi connectivity index (χ4v) is 2.61. The lowest BCUT2D eigenvalue weighted by atomic mass is 9.98. The number of rotatable bonds is 3. The Balaban J connectivity index is 2.26. The minimum absolute atomic E-state index is 0.00902. The zero-order valence-electron chi connectivity index (χ0n) is 10.7. The molecule has 0 aromatic heterocycles. The van der Waals surface area contributed by atoms with Gasteiger partial charge in [0.05, 0.1) is 0 Å². The second-order valence-electron chi connectivity index (χ2n) is 4.82. The number of benzene rings is 1. The summed E-state index contributed by atoms with van der Waals surface area (Å²) in [5.74, 6) is -2.17. The fourth-order valence-electron chi connectivity index (χ4n) is 2.61. The summed E-state index contributed by atoms with van der Waals surface area (Å²) in [6.45, 7) is 1.01. The first kappa shape index (κ1) is 13.9. The topological polar surface area (TPSA) is 46.3 Å². The molecule has 1 aliphatic rings. The van der Waals surface area contributed by atoms with E-state index in [1.807, 2.05) is 0 Å². The van der Waals surface area contributed by atoms with Crippen molar-refractivity contribution in [3.05, 3.63) is 35.4 Å². The van der Waals surface area contributed by atoms with E-state index in [-0.39, 0.29) is 6.04 Å². The van der Waals surface area contributed by atoms with Gasteiger partial charge >= 0.3 is 0 Å². The van der Waals surface area contributed by atoms with Crippen LogP contribution in [0.1, 0.15) is 36.0 Å². The highest BCUT2D eigenvalue weighted by Crippen LogP contribution is 2.23.